The molecule has 2 heterocycles. The summed E-state index contributed by atoms with van der Waals surface area (Å²) >= 11 is 0. The van der Waals surface area contributed by atoms with E-state index in [9.17, 15) is 4.79 Å². The lowest BCUT2D eigenvalue weighted by Gasteiger charge is -2.32. The van der Waals surface area contributed by atoms with Crippen molar-refractivity contribution >= 4 is 18.0 Å². The maximum atomic E-state index is 10.1. The first kappa shape index (κ1) is 13.6. The van der Waals surface area contributed by atoms with Gasteiger partial charge in [-0.3, -0.25) is 9.69 Å². The third kappa shape index (κ3) is 4.10. The van der Waals surface area contributed by atoms with Gasteiger partial charge in [-0.05, 0) is 25.0 Å². The fourth-order valence-corrected chi connectivity index (χ4v) is 2.26. The number of hydrogen-bond acceptors (Lipinski definition) is 6. The van der Waals surface area contributed by atoms with Gasteiger partial charge in [-0.25, -0.2) is 4.98 Å². The van der Waals surface area contributed by atoms with Crippen LogP contribution in [0.4, 0.5) is 11.5 Å². The van der Waals surface area contributed by atoms with Crippen molar-refractivity contribution in [1.29, 1.82) is 0 Å². The summed E-state index contributed by atoms with van der Waals surface area (Å²) in [6, 6.07) is 4.08. The van der Waals surface area contributed by atoms with Gasteiger partial charge in [-0.2, -0.15) is 0 Å². The number of carbonyl (C=O) groups excluding carboxylic acids is 1. The lowest BCUT2D eigenvalue weighted by atomic mass is 10.1. The SMILES string of the molecule is Nc1cccnc1NC1CCN(CCOC=O)CC1. The number of rotatable bonds is 6. The minimum atomic E-state index is 0.403. The zero-order valence-corrected chi connectivity index (χ0v) is 10.9. The van der Waals surface area contributed by atoms with E-state index in [4.69, 9.17) is 10.5 Å². The van der Waals surface area contributed by atoms with Crippen molar-refractivity contribution in [3.05, 3.63) is 18.3 Å². The number of nitrogens with one attached hydrogen (secondary N) is 1. The Labute approximate surface area is 112 Å². The summed E-state index contributed by atoms with van der Waals surface area (Å²) in [5.41, 5.74) is 6.55. The van der Waals surface area contributed by atoms with Crippen LogP contribution in [0.15, 0.2) is 18.3 Å². The summed E-state index contributed by atoms with van der Waals surface area (Å²) in [6.45, 7) is 3.75. The van der Waals surface area contributed by atoms with Crippen molar-refractivity contribution in [2.24, 2.45) is 0 Å². The zero-order valence-electron chi connectivity index (χ0n) is 10.9. The molecule has 19 heavy (non-hydrogen) atoms. The molecule has 0 amide bonds. The average Bonchev–Trinajstić information content (AvgIpc) is 2.44. The molecule has 0 bridgehead atoms. The number of anilines is 2. The third-order valence-electron chi connectivity index (χ3n) is 3.36. The number of piperidine rings is 1. The van der Waals surface area contributed by atoms with Crippen molar-refractivity contribution in [3.8, 4) is 0 Å². The molecule has 1 aromatic heterocycles. The van der Waals surface area contributed by atoms with Gasteiger partial charge in [0.2, 0.25) is 0 Å². The van der Waals surface area contributed by atoms with Gasteiger partial charge < -0.3 is 15.8 Å². The largest absolute Gasteiger partial charge is 0.467 e. The molecular weight excluding hydrogens is 244 g/mol. The van der Waals surface area contributed by atoms with E-state index < -0.39 is 0 Å². The van der Waals surface area contributed by atoms with E-state index >= 15 is 0 Å². The molecule has 1 fully saturated rings. The number of aromatic nitrogens is 1. The maximum absolute atomic E-state index is 10.1. The van der Waals surface area contributed by atoms with Crippen LogP contribution < -0.4 is 11.1 Å². The topological polar surface area (TPSA) is 80.5 Å². The minimum absolute atomic E-state index is 0.403. The molecule has 0 saturated carbocycles. The maximum Gasteiger partial charge on any atom is 0.293 e. The molecule has 0 unspecified atom stereocenters. The first-order chi connectivity index (χ1) is 9.29. The summed E-state index contributed by atoms with van der Waals surface area (Å²) in [4.78, 5) is 16.6. The molecule has 1 aliphatic rings. The molecule has 2 rings (SSSR count). The Bertz CT molecular complexity index is 405. The lowest BCUT2D eigenvalue weighted by molar-refractivity contribution is -0.129. The Hall–Kier alpha value is -1.82. The summed E-state index contributed by atoms with van der Waals surface area (Å²) < 4.78 is 4.71. The van der Waals surface area contributed by atoms with Crippen molar-refractivity contribution in [3.63, 3.8) is 0 Å². The van der Waals surface area contributed by atoms with Crippen LogP contribution >= 0.6 is 0 Å². The summed E-state index contributed by atoms with van der Waals surface area (Å²) in [7, 11) is 0. The number of pyridine rings is 1. The molecule has 1 aromatic rings. The highest BCUT2D eigenvalue weighted by Gasteiger charge is 2.19. The second kappa shape index (κ2) is 6.94. The second-order valence-corrected chi connectivity index (χ2v) is 4.67. The van der Waals surface area contributed by atoms with E-state index in [0.29, 0.717) is 24.8 Å². The fourth-order valence-electron chi connectivity index (χ4n) is 2.26. The molecule has 1 aliphatic heterocycles. The Morgan fingerprint density at radius 2 is 2.32 bits per heavy atom. The van der Waals surface area contributed by atoms with Crippen LogP contribution in [0.2, 0.25) is 0 Å². The van der Waals surface area contributed by atoms with E-state index in [2.05, 4.69) is 15.2 Å². The quantitative estimate of drug-likeness (QED) is 0.582. The molecule has 104 valence electrons. The van der Waals surface area contributed by atoms with Crippen molar-refractivity contribution in [2.75, 3.05) is 37.3 Å². The standard InChI is InChI=1S/C13H20N4O2/c14-12-2-1-5-15-13(12)16-11-3-6-17(7-4-11)8-9-19-10-18/h1-2,5,10-11H,3-4,6-9,14H2,(H,15,16). The number of hydrogen-bond donors (Lipinski definition) is 2. The van der Waals surface area contributed by atoms with Gasteiger partial charge in [0.1, 0.15) is 12.4 Å². The summed E-state index contributed by atoms with van der Waals surface area (Å²) in [5.74, 6) is 0.769. The molecule has 0 spiro atoms. The van der Waals surface area contributed by atoms with Crippen LogP contribution in [-0.4, -0.2) is 48.6 Å². The Kier molecular flexibility index (Phi) is 4.97. The van der Waals surface area contributed by atoms with Crippen molar-refractivity contribution in [2.45, 2.75) is 18.9 Å². The van der Waals surface area contributed by atoms with Crippen LogP contribution in [0.5, 0.6) is 0 Å². The molecule has 0 aliphatic carbocycles. The van der Waals surface area contributed by atoms with Crippen LogP contribution in [0.3, 0.4) is 0 Å². The molecule has 6 heteroatoms. The third-order valence-corrected chi connectivity index (χ3v) is 3.36. The highest BCUT2D eigenvalue weighted by Crippen LogP contribution is 2.19. The van der Waals surface area contributed by atoms with E-state index in [-0.39, 0.29) is 0 Å². The minimum Gasteiger partial charge on any atom is -0.467 e. The number of nitrogen functional groups attached to an aromatic ring is 1. The first-order valence-electron chi connectivity index (χ1n) is 6.54. The first-order valence-corrected chi connectivity index (χ1v) is 6.54. The predicted molar refractivity (Wildman–Crippen MR) is 73.8 cm³/mol. The molecule has 3 N–H and O–H groups in total. The molecule has 6 nitrogen and oxygen atoms in total. The van der Waals surface area contributed by atoms with Crippen LogP contribution in [-0.2, 0) is 9.53 Å². The number of nitrogens with two attached hydrogens (primary N) is 1. The zero-order chi connectivity index (χ0) is 13.5. The average molecular weight is 264 g/mol. The van der Waals surface area contributed by atoms with Crippen LogP contribution in [0.1, 0.15) is 12.8 Å². The van der Waals surface area contributed by atoms with E-state index in [1.165, 1.54) is 0 Å². The van der Waals surface area contributed by atoms with Gasteiger partial charge in [0.05, 0.1) is 5.69 Å². The van der Waals surface area contributed by atoms with Gasteiger partial charge >= 0.3 is 0 Å². The predicted octanol–water partition coefficient (Wildman–Crippen LogP) is 0.713. The van der Waals surface area contributed by atoms with Gasteiger partial charge in [-0.1, -0.05) is 0 Å². The summed E-state index contributed by atoms with van der Waals surface area (Å²) in [5, 5.41) is 3.39. The van der Waals surface area contributed by atoms with Crippen molar-refractivity contribution < 1.29 is 9.53 Å². The highest BCUT2D eigenvalue weighted by atomic mass is 16.5. The molecule has 0 radical (unpaired) electrons. The van der Waals surface area contributed by atoms with E-state index in [1.54, 1.807) is 6.20 Å². The number of likely N-dealkylation sites (tertiary alicyclic amines) is 1. The highest BCUT2D eigenvalue weighted by molar-refractivity contribution is 5.60. The van der Waals surface area contributed by atoms with Gasteiger partial charge in [0, 0.05) is 31.9 Å². The number of carbonyl (C=O) groups is 1. The fraction of sp³-hybridized carbons (Fsp3) is 0.538. The molecule has 0 aromatic carbocycles. The molecule has 1 saturated heterocycles. The van der Waals surface area contributed by atoms with Crippen molar-refractivity contribution in [1.82, 2.24) is 9.88 Å². The van der Waals surface area contributed by atoms with Gasteiger partial charge in [0.25, 0.3) is 6.47 Å². The van der Waals surface area contributed by atoms with Gasteiger partial charge in [0.15, 0.2) is 0 Å². The van der Waals surface area contributed by atoms with Gasteiger partial charge in [-0.15, -0.1) is 0 Å². The summed E-state index contributed by atoms with van der Waals surface area (Å²) in [6.07, 6.45) is 3.82. The normalized spacial score (nSPS) is 17.1. The second-order valence-electron chi connectivity index (χ2n) is 4.67. The number of nitrogens with zero attached hydrogens (tertiary/aromatic N) is 2. The van der Waals surface area contributed by atoms with Crippen LogP contribution in [0, 0.1) is 0 Å². The molecular formula is C13H20N4O2. The smallest absolute Gasteiger partial charge is 0.293 e. The Balaban J connectivity index is 1.74. The Morgan fingerprint density at radius 3 is 3.00 bits per heavy atom. The molecule has 0 atom stereocenters. The monoisotopic (exact) mass is 264 g/mol. The van der Waals surface area contributed by atoms with Crippen LogP contribution in [0.25, 0.3) is 0 Å². The lowest BCUT2D eigenvalue weighted by Crippen LogP contribution is -2.40. The van der Waals surface area contributed by atoms with E-state index in [0.717, 1.165) is 38.3 Å². The Morgan fingerprint density at radius 1 is 1.53 bits per heavy atom. The number of ether oxygens (including phenoxy) is 1. The van der Waals surface area contributed by atoms with E-state index in [1.807, 2.05) is 12.1 Å².